The van der Waals surface area contributed by atoms with Crippen LogP contribution < -0.4 is 10.6 Å². The Kier molecular flexibility index (Phi) is 6.25. The van der Waals surface area contributed by atoms with Crippen molar-refractivity contribution in [2.24, 2.45) is 0 Å². The van der Waals surface area contributed by atoms with Crippen LogP contribution in [0, 0.1) is 5.82 Å². The third kappa shape index (κ3) is 5.66. The highest BCUT2D eigenvalue weighted by atomic mass is 79.9. The van der Waals surface area contributed by atoms with Crippen molar-refractivity contribution in [1.82, 2.24) is 10.2 Å². The zero-order valence-electron chi connectivity index (χ0n) is 13.9. The fraction of sp³-hybridized carbons (Fsp3) is 0.111. The van der Waals surface area contributed by atoms with E-state index in [4.69, 9.17) is 0 Å². The monoisotopic (exact) mass is 448 g/mol. The van der Waals surface area contributed by atoms with Crippen LogP contribution in [0.4, 0.5) is 15.8 Å². The average molecular weight is 449 g/mol. The number of hydrogen-bond acceptors (Lipinski definition) is 5. The molecule has 0 atom stereocenters. The molecule has 3 rings (SSSR count). The highest BCUT2D eigenvalue weighted by molar-refractivity contribution is 9.10. The standard InChI is InChI=1S/C18H14BrFN4O2S/c19-11-1-5-13(6-2-11)21-15(25)9-10-16-23-24-18(27-16)17(26)22-14-7-3-12(20)4-8-14/h1-8H,9-10H2,(H,21,25)(H,22,26). The van der Waals surface area contributed by atoms with Gasteiger partial charge in [0.15, 0.2) is 0 Å². The molecule has 6 nitrogen and oxygen atoms in total. The van der Waals surface area contributed by atoms with E-state index in [1.807, 2.05) is 12.1 Å². The summed E-state index contributed by atoms with van der Waals surface area (Å²) in [5.41, 5.74) is 1.17. The zero-order valence-corrected chi connectivity index (χ0v) is 16.3. The SMILES string of the molecule is O=C(CCc1nnc(C(=O)Nc2ccc(F)cc2)s1)Nc1ccc(Br)cc1. The summed E-state index contributed by atoms with van der Waals surface area (Å²) in [6.45, 7) is 0. The maximum absolute atomic E-state index is 12.9. The lowest BCUT2D eigenvalue weighted by molar-refractivity contribution is -0.116. The lowest BCUT2D eigenvalue weighted by Gasteiger charge is -2.04. The Morgan fingerprint density at radius 2 is 1.59 bits per heavy atom. The highest BCUT2D eigenvalue weighted by Crippen LogP contribution is 2.17. The Bertz CT molecular complexity index is 945. The second-order valence-corrected chi connectivity index (χ2v) is 7.49. The molecule has 138 valence electrons. The van der Waals surface area contributed by atoms with Gasteiger partial charge in [0.1, 0.15) is 10.8 Å². The van der Waals surface area contributed by atoms with Crippen LogP contribution in [0.3, 0.4) is 0 Å². The first-order valence-corrected chi connectivity index (χ1v) is 9.55. The van der Waals surface area contributed by atoms with Crippen molar-refractivity contribution >= 4 is 50.5 Å². The number of nitrogens with zero attached hydrogens (tertiary/aromatic N) is 2. The van der Waals surface area contributed by atoms with E-state index < -0.39 is 5.91 Å². The minimum atomic E-state index is -0.426. The molecule has 27 heavy (non-hydrogen) atoms. The van der Waals surface area contributed by atoms with Crippen LogP contribution >= 0.6 is 27.3 Å². The Morgan fingerprint density at radius 3 is 2.30 bits per heavy atom. The van der Waals surface area contributed by atoms with Gasteiger partial charge in [-0.3, -0.25) is 9.59 Å². The number of halogens is 2. The van der Waals surface area contributed by atoms with E-state index in [1.165, 1.54) is 24.3 Å². The highest BCUT2D eigenvalue weighted by Gasteiger charge is 2.14. The predicted molar refractivity (Wildman–Crippen MR) is 105 cm³/mol. The van der Waals surface area contributed by atoms with Crippen LogP contribution in [0.2, 0.25) is 0 Å². The van der Waals surface area contributed by atoms with E-state index in [0.717, 1.165) is 15.8 Å². The molecule has 2 amide bonds. The molecule has 0 saturated heterocycles. The van der Waals surface area contributed by atoms with Crippen LogP contribution in [-0.2, 0) is 11.2 Å². The maximum atomic E-state index is 12.9. The summed E-state index contributed by atoms with van der Waals surface area (Å²) in [6.07, 6.45) is 0.605. The Labute approximate surface area is 167 Å². The number of aryl methyl sites for hydroxylation is 1. The summed E-state index contributed by atoms with van der Waals surface area (Å²) in [5, 5.41) is 14.0. The number of anilines is 2. The molecule has 0 radical (unpaired) electrons. The van der Waals surface area contributed by atoms with E-state index in [9.17, 15) is 14.0 Å². The lowest BCUT2D eigenvalue weighted by Crippen LogP contribution is -2.12. The Balaban J connectivity index is 1.51. The number of rotatable bonds is 6. The van der Waals surface area contributed by atoms with Crippen molar-refractivity contribution in [3.05, 3.63) is 68.8 Å². The molecule has 0 unspecified atom stereocenters. The molecular weight excluding hydrogens is 435 g/mol. The molecule has 1 aromatic heterocycles. The first kappa shape index (κ1) is 19.1. The first-order chi connectivity index (χ1) is 13.0. The normalized spacial score (nSPS) is 10.4. The second kappa shape index (κ2) is 8.83. The van der Waals surface area contributed by atoms with Crippen LogP contribution in [0.25, 0.3) is 0 Å². The van der Waals surface area contributed by atoms with Gasteiger partial charge >= 0.3 is 0 Å². The van der Waals surface area contributed by atoms with E-state index in [1.54, 1.807) is 12.1 Å². The molecule has 0 aliphatic heterocycles. The van der Waals surface area contributed by atoms with Crippen LogP contribution in [0.15, 0.2) is 53.0 Å². The quantitative estimate of drug-likeness (QED) is 0.589. The van der Waals surface area contributed by atoms with E-state index >= 15 is 0 Å². The molecule has 0 aliphatic carbocycles. The molecule has 0 bridgehead atoms. The molecule has 3 aromatic rings. The van der Waals surface area contributed by atoms with Gasteiger partial charge in [-0.15, -0.1) is 10.2 Å². The molecule has 1 heterocycles. The summed E-state index contributed by atoms with van der Waals surface area (Å²) < 4.78 is 13.8. The van der Waals surface area contributed by atoms with Gasteiger partial charge in [-0.05, 0) is 48.5 Å². The van der Waals surface area contributed by atoms with Gasteiger partial charge in [-0.25, -0.2) is 4.39 Å². The summed E-state index contributed by atoms with van der Waals surface area (Å²) in [5.74, 6) is -0.956. The smallest absolute Gasteiger partial charge is 0.286 e. The summed E-state index contributed by atoms with van der Waals surface area (Å²) >= 11 is 4.45. The van der Waals surface area contributed by atoms with Gasteiger partial charge in [-0.1, -0.05) is 27.3 Å². The minimum Gasteiger partial charge on any atom is -0.326 e. The van der Waals surface area contributed by atoms with Gasteiger partial charge in [0.2, 0.25) is 10.9 Å². The van der Waals surface area contributed by atoms with E-state index in [0.29, 0.717) is 22.8 Å². The summed E-state index contributed by atoms with van der Waals surface area (Å²) in [7, 11) is 0. The van der Waals surface area contributed by atoms with Crippen LogP contribution in [0.1, 0.15) is 21.2 Å². The van der Waals surface area contributed by atoms with Gasteiger partial charge < -0.3 is 10.6 Å². The summed E-state index contributed by atoms with van der Waals surface area (Å²) in [6, 6.07) is 12.7. The molecular formula is C18H14BrFN4O2S. The third-order valence-electron chi connectivity index (χ3n) is 3.46. The Hall–Kier alpha value is -2.65. The fourth-order valence-corrected chi connectivity index (χ4v) is 3.14. The average Bonchev–Trinajstić information content (AvgIpc) is 3.13. The molecule has 0 fully saturated rings. The van der Waals surface area contributed by atoms with E-state index in [2.05, 4.69) is 36.8 Å². The van der Waals surface area contributed by atoms with Gasteiger partial charge in [0.25, 0.3) is 5.91 Å². The number of nitrogens with one attached hydrogen (secondary N) is 2. The second-order valence-electron chi connectivity index (χ2n) is 5.52. The minimum absolute atomic E-state index is 0.148. The third-order valence-corrected chi connectivity index (χ3v) is 4.97. The number of carbonyl (C=O) groups excluding carboxylic acids is 2. The molecule has 9 heteroatoms. The van der Waals surface area contributed by atoms with Crippen LogP contribution in [0.5, 0.6) is 0 Å². The Morgan fingerprint density at radius 1 is 0.963 bits per heavy atom. The zero-order chi connectivity index (χ0) is 19.2. The molecule has 0 saturated carbocycles. The van der Waals surface area contributed by atoms with Crippen molar-refractivity contribution in [3.8, 4) is 0 Å². The number of aromatic nitrogens is 2. The first-order valence-electron chi connectivity index (χ1n) is 7.94. The van der Waals surface area contributed by atoms with Gasteiger partial charge in [0, 0.05) is 28.7 Å². The number of hydrogen-bond donors (Lipinski definition) is 2. The molecule has 2 N–H and O–H groups in total. The van der Waals surface area contributed by atoms with Gasteiger partial charge in [0.05, 0.1) is 0 Å². The molecule has 2 aromatic carbocycles. The van der Waals surface area contributed by atoms with Crippen molar-refractivity contribution in [3.63, 3.8) is 0 Å². The van der Waals surface area contributed by atoms with E-state index in [-0.39, 0.29) is 23.2 Å². The predicted octanol–water partition coefficient (Wildman–Crippen LogP) is 4.26. The maximum Gasteiger partial charge on any atom is 0.286 e. The summed E-state index contributed by atoms with van der Waals surface area (Å²) in [4.78, 5) is 24.1. The molecule has 0 aliphatic rings. The fourth-order valence-electron chi connectivity index (χ4n) is 2.14. The van der Waals surface area contributed by atoms with Crippen LogP contribution in [-0.4, -0.2) is 22.0 Å². The topological polar surface area (TPSA) is 84.0 Å². The number of amides is 2. The largest absolute Gasteiger partial charge is 0.326 e. The van der Waals surface area contributed by atoms with Gasteiger partial charge in [-0.2, -0.15) is 0 Å². The lowest BCUT2D eigenvalue weighted by atomic mass is 10.2. The van der Waals surface area contributed by atoms with Crippen molar-refractivity contribution < 1.29 is 14.0 Å². The number of carbonyl (C=O) groups is 2. The number of benzene rings is 2. The molecule has 0 spiro atoms. The van der Waals surface area contributed by atoms with Crippen molar-refractivity contribution in [2.45, 2.75) is 12.8 Å². The van der Waals surface area contributed by atoms with Crippen molar-refractivity contribution in [2.75, 3.05) is 10.6 Å². The van der Waals surface area contributed by atoms with Crippen molar-refractivity contribution in [1.29, 1.82) is 0 Å².